The van der Waals surface area contributed by atoms with Crippen molar-refractivity contribution in [3.8, 4) is 0 Å². The van der Waals surface area contributed by atoms with E-state index in [1.54, 1.807) is 0 Å². The summed E-state index contributed by atoms with van der Waals surface area (Å²) < 4.78 is 116. The van der Waals surface area contributed by atoms with Crippen molar-refractivity contribution < 1.29 is 43.7 Å². The van der Waals surface area contributed by atoms with Crippen LogP contribution in [0.4, 0.5) is 30.7 Å². The van der Waals surface area contributed by atoms with Crippen molar-refractivity contribution in [2.75, 3.05) is 0 Å². The molecule has 0 radical (unpaired) electrons. The standard InChI is InChI=1S/C6H7F7O3S/c1-2-3(7)4(8,9)5(10,11)6(12,13)17(14,15)16/h3H,2H2,1H3,(H,14,15,16). The van der Waals surface area contributed by atoms with Gasteiger partial charge in [0, 0.05) is 0 Å². The Labute approximate surface area is 91.4 Å². The number of rotatable bonds is 5. The Morgan fingerprint density at radius 1 is 1.12 bits per heavy atom. The molecule has 0 spiro atoms. The average Bonchev–Trinajstić information content (AvgIpc) is 2.13. The molecule has 0 aromatic heterocycles. The van der Waals surface area contributed by atoms with Gasteiger partial charge in [-0.2, -0.15) is 34.8 Å². The molecule has 1 N–H and O–H groups in total. The topological polar surface area (TPSA) is 54.4 Å². The maximum Gasteiger partial charge on any atom is 0.438 e. The lowest BCUT2D eigenvalue weighted by atomic mass is 10.1. The summed E-state index contributed by atoms with van der Waals surface area (Å²) in [7, 11) is -6.81. The molecular weight excluding hydrogens is 285 g/mol. The highest BCUT2D eigenvalue weighted by Crippen LogP contribution is 2.50. The van der Waals surface area contributed by atoms with Gasteiger partial charge in [0.1, 0.15) is 0 Å². The molecule has 3 nitrogen and oxygen atoms in total. The minimum absolute atomic E-state index is 0.667. The summed E-state index contributed by atoms with van der Waals surface area (Å²) in [5.41, 5.74) is 0. The molecule has 0 fully saturated rings. The predicted molar refractivity (Wildman–Crippen MR) is 41.6 cm³/mol. The van der Waals surface area contributed by atoms with Gasteiger partial charge in [0.05, 0.1) is 0 Å². The monoisotopic (exact) mass is 292 g/mol. The maximum atomic E-state index is 12.6. The summed E-state index contributed by atoms with van der Waals surface area (Å²) in [6, 6.07) is 0. The SMILES string of the molecule is CCC(F)C(F)(F)C(F)(F)C(F)(F)S(=O)(=O)O. The van der Waals surface area contributed by atoms with E-state index in [1.165, 1.54) is 0 Å². The fourth-order valence-corrected chi connectivity index (χ4v) is 1.27. The van der Waals surface area contributed by atoms with E-state index in [9.17, 15) is 39.2 Å². The van der Waals surface area contributed by atoms with Crippen LogP contribution in [0.2, 0.25) is 0 Å². The molecule has 0 bridgehead atoms. The number of hydrogen-bond donors (Lipinski definition) is 1. The Kier molecular flexibility index (Phi) is 4.12. The third-order valence-electron chi connectivity index (χ3n) is 1.86. The second kappa shape index (κ2) is 4.26. The first kappa shape index (κ1) is 16.4. The summed E-state index contributed by atoms with van der Waals surface area (Å²) >= 11 is 0. The number of halogens is 7. The lowest BCUT2D eigenvalue weighted by Gasteiger charge is -2.32. The summed E-state index contributed by atoms with van der Waals surface area (Å²) in [6.07, 6.45) is -4.94. The third kappa shape index (κ3) is 2.34. The van der Waals surface area contributed by atoms with Crippen LogP contribution in [0.15, 0.2) is 0 Å². The van der Waals surface area contributed by atoms with Gasteiger partial charge in [0.15, 0.2) is 6.17 Å². The predicted octanol–water partition coefficient (Wildman–Crippen LogP) is 2.49. The Balaban J connectivity index is 5.72. The van der Waals surface area contributed by atoms with Crippen molar-refractivity contribution in [1.29, 1.82) is 0 Å². The number of hydrogen-bond acceptors (Lipinski definition) is 2. The van der Waals surface area contributed by atoms with E-state index >= 15 is 0 Å². The van der Waals surface area contributed by atoms with Crippen molar-refractivity contribution in [3.63, 3.8) is 0 Å². The molecule has 0 saturated carbocycles. The molecule has 0 aliphatic heterocycles. The molecule has 0 heterocycles. The van der Waals surface area contributed by atoms with Crippen LogP contribution in [-0.2, 0) is 10.1 Å². The van der Waals surface area contributed by atoms with Crippen molar-refractivity contribution in [2.45, 2.75) is 36.6 Å². The zero-order chi connectivity index (χ0) is 14.3. The van der Waals surface area contributed by atoms with Crippen molar-refractivity contribution in [1.82, 2.24) is 0 Å². The third-order valence-corrected chi connectivity index (χ3v) is 2.76. The minimum atomic E-state index is -6.81. The van der Waals surface area contributed by atoms with Gasteiger partial charge in [-0.1, -0.05) is 6.92 Å². The van der Waals surface area contributed by atoms with E-state index in [0.717, 1.165) is 0 Å². The Bertz CT molecular complexity index is 377. The fourth-order valence-electron chi connectivity index (χ4n) is 0.809. The second-order valence-electron chi connectivity index (χ2n) is 3.06. The second-order valence-corrected chi connectivity index (χ2v) is 4.53. The quantitative estimate of drug-likeness (QED) is 0.625. The highest BCUT2D eigenvalue weighted by Gasteiger charge is 2.79. The van der Waals surface area contributed by atoms with Crippen molar-refractivity contribution in [3.05, 3.63) is 0 Å². The lowest BCUT2D eigenvalue weighted by Crippen LogP contribution is -2.60. The minimum Gasteiger partial charge on any atom is -0.281 e. The molecule has 104 valence electrons. The molecule has 0 rings (SSSR count). The van der Waals surface area contributed by atoms with Crippen LogP contribution in [0, 0.1) is 0 Å². The summed E-state index contributed by atoms with van der Waals surface area (Å²) in [4.78, 5) is 0. The molecule has 1 unspecified atom stereocenters. The fraction of sp³-hybridized carbons (Fsp3) is 1.00. The van der Waals surface area contributed by atoms with Gasteiger partial charge in [-0.3, -0.25) is 4.55 Å². The molecule has 17 heavy (non-hydrogen) atoms. The van der Waals surface area contributed by atoms with Crippen LogP contribution in [0.1, 0.15) is 13.3 Å². The van der Waals surface area contributed by atoms with Gasteiger partial charge in [0.25, 0.3) is 0 Å². The van der Waals surface area contributed by atoms with Crippen LogP contribution >= 0.6 is 0 Å². The number of alkyl halides is 7. The first-order chi connectivity index (χ1) is 7.23. The largest absolute Gasteiger partial charge is 0.438 e. The van der Waals surface area contributed by atoms with Gasteiger partial charge in [-0.25, -0.2) is 4.39 Å². The Hall–Kier alpha value is -0.580. The molecule has 11 heteroatoms. The Morgan fingerprint density at radius 2 is 1.47 bits per heavy atom. The normalized spacial score (nSPS) is 17.0. The van der Waals surface area contributed by atoms with Gasteiger partial charge < -0.3 is 0 Å². The van der Waals surface area contributed by atoms with Gasteiger partial charge >= 0.3 is 27.2 Å². The van der Waals surface area contributed by atoms with Crippen molar-refractivity contribution >= 4 is 10.1 Å². The summed E-state index contributed by atoms with van der Waals surface area (Å²) in [6.45, 7) is 0.667. The first-order valence-corrected chi connectivity index (χ1v) is 5.42. The van der Waals surface area contributed by atoms with Gasteiger partial charge in [-0.15, -0.1) is 0 Å². The molecule has 0 aliphatic rings. The Morgan fingerprint density at radius 3 is 1.71 bits per heavy atom. The molecule has 0 saturated heterocycles. The molecule has 0 amide bonds. The maximum absolute atomic E-state index is 12.6. The molecule has 0 aromatic carbocycles. The molecule has 0 aliphatic carbocycles. The summed E-state index contributed by atoms with van der Waals surface area (Å²) in [5, 5.41) is -6.50. The molecule has 0 aromatic rings. The van der Waals surface area contributed by atoms with Crippen LogP contribution in [0.3, 0.4) is 0 Å². The smallest absolute Gasteiger partial charge is 0.281 e. The van der Waals surface area contributed by atoms with E-state index in [0.29, 0.717) is 6.92 Å². The van der Waals surface area contributed by atoms with Crippen LogP contribution in [-0.4, -0.2) is 36.2 Å². The zero-order valence-electron chi connectivity index (χ0n) is 8.10. The zero-order valence-corrected chi connectivity index (χ0v) is 8.92. The van der Waals surface area contributed by atoms with E-state index < -0.39 is 39.8 Å². The molecular formula is C6H7F7O3S. The van der Waals surface area contributed by atoms with Crippen LogP contribution in [0.5, 0.6) is 0 Å². The first-order valence-electron chi connectivity index (χ1n) is 3.98. The van der Waals surface area contributed by atoms with Gasteiger partial charge in [0.2, 0.25) is 0 Å². The van der Waals surface area contributed by atoms with Crippen molar-refractivity contribution in [2.24, 2.45) is 0 Å². The van der Waals surface area contributed by atoms with E-state index in [4.69, 9.17) is 4.55 Å². The van der Waals surface area contributed by atoms with Gasteiger partial charge in [-0.05, 0) is 6.42 Å². The highest BCUT2D eigenvalue weighted by molar-refractivity contribution is 7.87. The highest BCUT2D eigenvalue weighted by atomic mass is 32.2. The van der Waals surface area contributed by atoms with E-state index in [1.807, 2.05) is 0 Å². The summed E-state index contributed by atoms with van der Waals surface area (Å²) in [5.74, 6) is -12.5. The van der Waals surface area contributed by atoms with Crippen LogP contribution in [0.25, 0.3) is 0 Å². The average molecular weight is 292 g/mol. The lowest BCUT2D eigenvalue weighted by molar-refractivity contribution is -0.299. The van der Waals surface area contributed by atoms with E-state index in [2.05, 4.69) is 0 Å². The molecule has 1 atom stereocenters. The van der Waals surface area contributed by atoms with E-state index in [-0.39, 0.29) is 0 Å². The van der Waals surface area contributed by atoms with Crippen LogP contribution < -0.4 is 0 Å².